The van der Waals surface area contributed by atoms with E-state index in [2.05, 4.69) is 4.98 Å². The van der Waals surface area contributed by atoms with Crippen molar-refractivity contribution in [1.29, 1.82) is 0 Å². The second-order valence-electron chi connectivity index (χ2n) is 4.28. The average molecular weight is 247 g/mol. The first-order chi connectivity index (χ1) is 9.36. The van der Waals surface area contributed by atoms with E-state index < -0.39 is 0 Å². The summed E-state index contributed by atoms with van der Waals surface area (Å²) in [6, 6.07) is 21.2. The van der Waals surface area contributed by atoms with Crippen molar-refractivity contribution in [2.75, 3.05) is 0 Å². The number of hydrogen-bond acceptors (Lipinski definition) is 2. The number of pyridine rings is 1. The van der Waals surface area contributed by atoms with Crippen LogP contribution in [0.3, 0.4) is 0 Å². The summed E-state index contributed by atoms with van der Waals surface area (Å²) in [6.07, 6.45) is 1.73. The maximum atomic E-state index is 10.5. The number of hydrogen-bond donors (Lipinski definition) is 1. The fourth-order valence-corrected chi connectivity index (χ4v) is 2.12. The Hall–Kier alpha value is -2.61. The summed E-state index contributed by atoms with van der Waals surface area (Å²) >= 11 is 0. The molecule has 3 aromatic rings. The van der Waals surface area contributed by atoms with E-state index in [1.807, 2.05) is 66.7 Å². The molecule has 1 N–H and O–H groups in total. The first kappa shape index (κ1) is 11.5. The number of para-hydroxylation sites is 1. The number of phenolic OH excluding ortho intramolecular Hbond substituents is 1. The Labute approximate surface area is 112 Å². The third-order valence-electron chi connectivity index (χ3n) is 3.06. The zero-order chi connectivity index (χ0) is 13.1. The van der Waals surface area contributed by atoms with Gasteiger partial charge < -0.3 is 5.11 Å². The molecule has 1 heterocycles. The number of phenols is 1. The molecule has 0 radical (unpaired) electrons. The fraction of sp³-hybridized carbons (Fsp3) is 0. The van der Waals surface area contributed by atoms with Crippen LogP contribution < -0.4 is 0 Å². The second kappa shape index (κ2) is 4.94. The fourth-order valence-electron chi connectivity index (χ4n) is 2.12. The van der Waals surface area contributed by atoms with Crippen LogP contribution in [0.1, 0.15) is 0 Å². The second-order valence-corrected chi connectivity index (χ2v) is 4.28. The molecule has 0 fully saturated rings. The molecule has 0 aliphatic heterocycles. The Morgan fingerprint density at radius 1 is 0.684 bits per heavy atom. The maximum Gasteiger partial charge on any atom is 0.132 e. The summed E-state index contributed by atoms with van der Waals surface area (Å²) in [5.74, 6) is 0.271. The summed E-state index contributed by atoms with van der Waals surface area (Å²) in [5, 5.41) is 10.5. The van der Waals surface area contributed by atoms with Gasteiger partial charge in [-0.25, -0.2) is 0 Å². The molecule has 2 nitrogen and oxygen atoms in total. The van der Waals surface area contributed by atoms with Gasteiger partial charge in [-0.2, -0.15) is 0 Å². The molecule has 2 heteroatoms. The van der Waals surface area contributed by atoms with Crippen LogP contribution in [0.15, 0.2) is 72.9 Å². The van der Waals surface area contributed by atoms with Crippen molar-refractivity contribution < 1.29 is 5.11 Å². The Balaban J connectivity index is 2.15. The van der Waals surface area contributed by atoms with Crippen molar-refractivity contribution in [3.63, 3.8) is 0 Å². The summed E-state index contributed by atoms with van der Waals surface area (Å²) < 4.78 is 0. The molecule has 3 rings (SSSR count). The van der Waals surface area contributed by atoms with E-state index in [9.17, 15) is 5.11 Å². The number of rotatable bonds is 2. The summed E-state index contributed by atoms with van der Waals surface area (Å²) in [5.41, 5.74) is 3.35. The van der Waals surface area contributed by atoms with Gasteiger partial charge in [-0.15, -0.1) is 0 Å². The molecule has 92 valence electrons. The standard InChI is InChI=1S/C17H13NO/c19-17-14(13-7-2-1-3-8-13)9-6-10-15(17)16-11-4-5-12-18-16/h1-12,19H. The Bertz CT molecular complexity index is 620. The monoisotopic (exact) mass is 247 g/mol. The summed E-state index contributed by atoms with van der Waals surface area (Å²) in [4.78, 5) is 4.28. The van der Waals surface area contributed by atoms with Crippen LogP contribution in [0, 0.1) is 0 Å². The molecule has 0 bridgehead atoms. The van der Waals surface area contributed by atoms with Crippen LogP contribution in [0.4, 0.5) is 0 Å². The van der Waals surface area contributed by atoms with Gasteiger partial charge in [0.15, 0.2) is 0 Å². The first-order valence-electron chi connectivity index (χ1n) is 6.15. The quantitative estimate of drug-likeness (QED) is 0.738. The molecule has 0 atom stereocenters. The molecule has 2 aromatic carbocycles. The minimum absolute atomic E-state index is 0.271. The predicted molar refractivity (Wildman–Crippen MR) is 76.8 cm³/mol. The summed E-state index contributed by atoms with van der Waals surface area (Å²) in [6.45, 7) is 0. The van der Waals surface area contributed by atoms with E-state index in [1.165, 1.54) is 0 Å². The number of aromatic nitrogens is 1. The lowest BCUT2D eigenvalue weighted by Gasteiger charge is -2.09. The zero-order valence-electron chi connectivity index (χ0n) is 10.3. The molecule has 19 heavy (non-hydrogen) atoms. The molecule has 0 unspecified atom stereocenters. The summed E-state index contributed by atoms with van der Waals surface area (Å²) in [7, 11) is 0. The molecule has 0 saturated heterocycles. The van der Waals surface area contributed by atoms with Crippen molar-refractivity contribution in [3.8, 4) is 28.1 Å². The molecular formula is C17H13NO. The third-order valence-corrected chi connectivity index (χ3v) is 3.06. The molecule has 0 amide bonds. The largest absolute Gasteiger partial charge is 0.507 e. The van der Waals surface area contributed by atoms with E-state index in [0.717, 1.165) is 22.4 Å². The smallest absolute Gasteiger partial charge is 0.132 e. The minimum atomic E-state index is 0.271. The van der Waals surface area contributed by atoms with E-state index in [4.69, 9.17) is 0 Å². The van der Waals surface area contributed by atoms with Crippen molar-refractivity contribution in [2.45, 2.75) is 0 Å². The van der Waals surface area contributed by atoms with Crippen LogP contribution in [0.2, 0.25) is 0 Å². The van der Waals surface area contributed by atoms with Gasteiger partial charge in [0.2, 0.25) is 0 Å². The highest BCUT2D eigenvalue weighted by atomic mass is 16.3. The van der Waals surface area contributed by atoms with Gasteiger partial charge in [0.05, 0.1) is 5.69 Å². The first-order valence-corrected chi connectivity index (χ1v) is 6.15. The lowest BCUT2D eigenvalue weighted by Crippen LogP contribution is -1.86. The zero-order valence-corrected chi connectivity index (χ0v) is 10.3. The van der Waals surface area contributed by atoms with Crippen LogP contribution in [0.5, 0.6) is 5.75 Å². The predicted octanol–water partition coefficient (Wildman–Crippen LogP) is 4.12. The Kier molecular flexibility index (Phi) is 2.99. The van der Waals surface area contributed by atoms with E-state index in [1.54, 1.807) is 6.20 Å². The molecule has 0 aliphatic rings. The highest BCUT2D eigenvalue weighted by Crippen LogP contribution is 2.36. The Morgan fingerprint density at radius 2 is 1.42 bits per heavy atom. The third kappa shape index (κ3) is 2.20. The maximum absolute atomic E-state index is 10.5. The number of nitrogens with zero attached hydrogens (tertiary/aromatic N) is 1. The van der Waals surface area contributed by atoms with E-state index in [-0.39, 0.29) is 5.75 Å². The molecule has 0 spiro atoms. The van der Waals surface area contributed by atoms with Crippen molar-refractivity contribution >= 4 is 0 Å². The average Bonchev–Trinajstić information content (AvgIpc) is 2.49. The topological polar surface area (TPSA) is 33.1 Å². The van der Waals surface area contributed by atoms with Crippen LogP contribution in [-0.4, -0.2) is 10.1 Å². The molecule has 0 aliphatic carbocycles. The van der Waals surface area contributed by atoms with Crippen molar-refractivity contribution in [3.05, 3.63) is 72.9 Å². The van der Waals surface area contributed by atoms with Crippen molar-refractivity contribution in [2.24, 2.45) is 0 Å². The normalized spacial score (nSPS) is 10.3. The van der Waals surface area contributed by atoms with Gasteiger partial charge in [0.25, 0.3) is 0 Å². The number of aromatic hydroxyl groups is 1. The number of benzene rings is 2. The Morgan fingerprint density at radius 3 is 2.16 bits per heavy atom. The molecule has 0 saturated carbocycles. The van der Waals surface area contributed by atoms with Crippen LogP contribution in [0.25, 0.3) is 22.4 Å². The van der Waals surface area contributed by atoms with Gasteiger partial charge in [-0.05, 0) is 23.8 Å². The lowest BCUT2D eigenvalue weighted by molar-refractivity contribution is 0.479. The lowest BCUT2D eigenvalue weighted by atomic mass is 10.00. The SMILES string of the molecule is Oc1c(-c2ccccc2)cccc1-c1ccccn1. The van der Waals surface area contributed by atoms with Gasteiger partial charge in [-0.1, -0.05) is 48.5 Å². The minimum Gasteiger partial charge on any atom is -0.507 e. The van der Waals surface area contributed by atoms with Gasteiger partial charge in [-0.3, -0.25) is 4.98 Å². The van der Waals surface area contributed by atoms with Crippen molar-refractivity contribution in [1.82, 2.24) is 4.98 Å². The van der Waals surface area contributed by atoms with Gasteiger partial charge >= 0.3 is 0 Å². The van der Waals surface area contributed by atoms with Crippen LogP contribution >= 0.6 is 0 Å². The van der Waals surface area contributed by atoms with Gasteiger partial charge in [0, 0.05) is 17.3 Å². The highest BCUT2D eigenvalue weighted by molar-refractivity contribution is 5.80. The van der Waals surface area contributed by atoms with E-state index >= 15 is 0 Å². The van der Waals surface area contributed by atoms with Gasteiger partial charge in [0.1, 0.15) is 5.75 Å². The highest BCUT2D eigenvalue weighted by Gasteiger charge is 2.10. The molecule has 1 aromatic heterocycles. The van der Waals surface area contributed by atoms with E-state index in [0.29, 0.717) is 0 Å². The molecular weight excluding hydrogens is 234 g/mol. The van der Waals surface area contributed by atoms with Crippen LogP contribution in [-0.2, 0) is 0 Å².